The first-order valence-corrected chi connectivity index (χ1v) is 5.62. The van der Waals surface area contributed by atoms with Crippen LogP contribution in [0.4, 0.5) is 4.39 Å². The number of carbonyl (C=O) groups is 1. The number of methoxy groups -OCH3 is 1. The minimum atomic E-state index is -0.540. The molecular formula is C13H17FO3. The van der Waals surface area contributed by atoms with E-state index in [0.29, 0.717) is 6.61 Å². The first kappa shape index (κ1) is 13.5. The van der Waals surface area contributed by atoms with Gasteiger partial charge in [0.15, 0.2) is 11.6 Å². The van der Waals surface area contributed by atoms with Gasteiger partial charge in [-0.2, -0.15) is 0 Å². The van der Waals surface area contributed by atoms with E-state index in [2.05, 4.69) is 4.74 Å². The van der Waals surface area contributed by atoms with E-state index >= 15 is 0 Å². The highest BCUT2D eigenvalue weighted by Gasteiger charge is 2.16. The summed E-state index contributed by atoms with van der Waals surface area (Å²) in [6, 6.07) is 2.98. The average molecular weight is 240 g/mol. The van der Waals surface area contributed by atoms with Crippen molar-refractivity contribution in [3.8, 4) is 5.75 Å². The van der Waals surface area contributed by atoms with Gasteiger partial charge in [-0.1, -0.05) is 13.3 Å². The quantitative estimate of drug-likeness (QED) is 0.586. The molecule has 0 amide bonds. The molecule has 0 aliphatic heterocycles. The van der Waals surface area contributed by atoms with Crippen molar-refractivity contribution in [1.29, 1.82) is 0 Å². The van der Waals surface area contributed by atoms with Crippen LogP contribution < -0.4 is 4.74 Å². The summed E-state index contributed by atoms with van der Waals surface area (Å²) < 4.78 is 23.7. The molecule has 0 saturated heterocycles. The van der Waals surface area contributed by atoms with Gasteiger partial charge in [-0.15, -0.1) is 0 Å². The van der Waals surface area contributed by atoms with Crippen LogP contribution >= 0.6 is 0 Å². The number of halogens is 1. The molecule has 0 spiro atoms. The van der Waals surface area contributed by atoms with Gasteiger partial charge in [0.1, 0.15) is 0 Å². The number of unbranched alkanes of at least 4 members (excludes halogenated alkanes) is 1. The normalized spacial score (nSPS) is 10.1. The van der Waals surface area contributed by atoms with Crippen LogP contribution in [0.2, 0.25) is 0 Å². The Balaban J connectivity index is 2.90. The Kier molecular flexibility index (Phi) is 4.94. The molecule has 0 fully saturated rings. The summed E-state index contributed by atoms with van der Waals surface area (Å²) in [5, 5.41) is 0. The van der Waals surface area contributed by atoms with Crippen LogP contribution in [0.5, 0.6) is 5.75 Å². The number of hydrogen-bond acceptors (Lipinski definition) is 3. The Labute approximate surface area is 101 Å². The third-order valence-electron chi connectivity index (χ3n) is 2.51. The zero-order valence-corrected chi connectivity index (χ0v) is 10.4. The number of hydrogen-bond donors (Lipinski definition) is 0. The molecule has 1 rings (SSSR count). The van der Waals surface area contributed by atoms with Gasteiger partial charge in [0, 0.05) is 5.56 Å². The van der Waals surface area contributed by atoms with E-state index in [1.807, 2.05) is 6.92 Å². The second-order valence-electron chi connectivity index (χ2n) is 3.74. The summed E-state index contributed by atoms with van der Waals surface area (Å²) in [6.07, 6.45) is 1.86. The van der Waals surface area contributed by atoms with Crippen molar-refractivity contribution < 1.29 is 18.7 Å². The van der Waals surface area contributed by atoms with Crippen molar-refractivity contribution in [3.05, 3.63) is 29.1 Å². The molecular weight excluding hydrogens is 223 g/mol. The van der Waals surface area contributed by atoms with Crippen molar-refractivity contribution in [2.45, 2.75) is 26.7 Å². The molecule has 0 heterocycles. The summed E-state index contributed by atoms with van der Waals surface area (Å²) in [5.74, 6) is -0.853. The zero-order valence-electron chi connectivity index (χ0n) is 10.4. The van der Waals surface area contributed by atoms with Gasteiger partial charge in [-0.05, 0) is 25.5 Å². The molecule has 1 aromatic carbocycles. The highest BCUT2D eigenvalue weighted by atomic mass is 19.1. The second-order valence-corrected chi connectivity index (χ2v) is 3.74. The molecule has 0 N–H and O–H groups in total. The predicted octanol–water partition coefficient (Wildman–Crippen LogP) is 3.10. The second kappa shape index (κ2) is 6.23. The van der Waals surface area contributed by atoms with Crippen LogP contribution in [-0.2, 0) is 4.74 Å². The lowest BCUT2D eigenvalue weighted by Gasteiger charge is -2.10. The molecule has 0 unspecified atom stereocenters. The molecule has 0 radical (unpaired) electrons. The Hall–Kier alpha value is -1.58. The van der Waals surface area contributed by atoms with Gasteiger partial charge in [0.25, 0.3) is 0 Å². The van der Waals surface area contributed by atoms with Crippen molar-refractivity contribution >= 4 is 5.97 Å². The van der Waals surface area contributed by atoms with Crippen LogP contribution in [0.1, 0.15) is 35.7 Å². The fraction of sp³-hybridized carbons (Fsp3) is 0.462. The molecule has 94 valence electrons. The maximum Gasteiger partial charge on any atom is 0.338 e. The Morgan fingerprint density at radius 3 is 2.71 bits per heavy atom. The molecule has 17 heavy (non-hydrogen) atoms. The first-order valence-electron chi connectivity index (χ1n) is 5.62. The van der Waals surface area contributed by atoms with Crippen LogP contribution in [0.3, 0.4) is 0 Å². The third kappa shape index (κ3) is 3.19. The van der Waals surface area contributed by atoms with Crippen LogP contribution in [0.15, 0.2) is 12.1 Å². The van der Waals surface area contributed by atoms with Gasteiger partial charge in [0.05, 0.1) is 19.3 Å². The van der Waals surface area contributed by atoms with Crippen molar-refractivity contribution in [1.82, 2.24) is 0 Å². The lowest BCUT2D eigenvalue weighted by Crippen LogP contribution is -2.07. The summed E-state index contributed by atoms with van der Waals surface area (Å²) in [7, 11) is 1.27. The Bertz CT molecular complexity index is 402. The molecule has 4 heteroatoms. The minimum absolute atomic E-state index is 0.184. The number of rotatable bonds is 5. The SMILES string of the molecule is CCCCOc1ccc(C(=O)OC)c(C)c1F. The lowest BCUT2D eigenvalue weighted by atomic mass is 10.1. The van der Waals surface area contributed by atoms with Crippen molar-refractivity contribution in [2.24, 2.45) is 0 Å². The fourth-order valence-corrected chi connectivity index (χ4v) is 1.43. The number of carbonyl (C=O) groups excluding carboxylic acids is 1. The van der Waals surface area contributed by atoms with E-state index < -0.39 is 11.8 Å². The van der Waals surface area contributed by atoms with E-state index in [4.69, 9.17) is 4.74 Å². The maximum atomic E-state index is 13.9. The standard InChI is InChI=1S/C13H17FO3/c1-4-5-8-17-11-7-6-10(13(15)16-3)9(2)12(11)14/h6-7H,4-5,8H2,1-3H3. The van der Waals surface area contributed by atoms with E-state index in [-0.39, 0.29) is 16.9 Å². The van der Waals surface area contributed by atoms with E-state index in [0.717, 1.165) is 12.8 Å². The van der Waals surface area contributed by atoms with Crippen LogP contribution in [0.25, 0.3) is 0 Å². The summed E-state index contributed by atoms with van der Waals surface area (Å²) in [4.78, 5) is 11.3. The third-order valence-corrected chi connectivity index (χ3v) is 2.51. The molecule has 0 atom stereocenters. The lowest BCUT2D eigenvalue weighted by molar-refractivity contribution is 0.0599. The van der Waals surface area contributed by atoms with Crippen molar-refractivity contribution in [2.75, 3.05) is 13.7 Å². The fourth-order valence-electron chi connectivity index (χ4n) is 1.43. The smallest absolute Gasteiger partial charge is 0.338 e. The topological polar surface area (TPSA) is 35.5 Å². The van der Waals surface area contributed by atoms with Gasteiger partial charge < -0.3 is 9.47 Å². The highest BCUT2D eigenvalue weighted by Crippen LogP contribution is 2.24. The van der Waals surface area contributed by atoms with Gasteiger partial charge in [-0.25, -0.2) is 9.18 Å². The molecule has 0 aliphatic carbocycles. The van der Waals surface area contributed by atoms with E-state index in [1.54, 1.807) is 0 Å². The summed E-state index contributed by atoms with van der Waals surface area (Å²) in [6.45, 7) is 4.05. The van der Waals surface area contributed by atoms with Gasteiger partial charge >= 0.3 is 5.97 Å². The Morgan fingerprint density at radius 1 is 1.41 bits per heavy atom. The Morgan fingerprint density at radius 2 is 2.12 bits per heavy atom. The number of ether oxygens (including phenoxy) is 2. The molecule has 3 nitrogen and oxygen atoms in total. The zero-order chi connectivity index (χ0) is 12.8. The van der Waals surface area contributed by atoms with E-state index in [1.165, 1.54) is 26.2 Å². The molecule has 1 aromatic rings. The monoisotopic (exact) mass is 240 g/mol. The van der Waals surface area contributed by atoms with Gasteiger partial charge in [0.2, 0.25) is 0 Å². The van der Waals surface area contributed by atoms with Crippen molar-refractivity contribution in [3.63, 3.8) is 0 Å². The molecule has 0 aromatic heterocycles. The average Bonchev–Trinajstić information content (AvgIpc) is 2.34. The van der Waals surface area contributed by atoms with Crippen LogP contribution in [-0.4, -0.2) is 19.7 Å². The molecule has 0 aliphatic rings. The predicted molar refractivity (Wildman–Crippen MR) is 62.9 cm³/mol. The minimum Gasteiger partial charge on any atom is -0.491 e. The highest BCUT2D eigenvalue weighted by molar-refractivity contribution is 5.91. The summed E-state index contributed by atoms with van der Waals surface area (Å²) in [5.41, 5.74) is 0.485. The number of benzene rings is 1. The number of esters is 1. The van der Waals surface area contributed by atoms with E-state index in [9.17, 15) is 9.18 Å². The maximum absolute atomic E-state index is 13.9. The summed E-state index contributed by atoms with van der Waals surface area (Å²) >= 11 is 0. The first-order chi connectivity index (χ1) is 8.11. The van der Waals surface area contributed by atoms with Gasteiger partial charge in [-0.3, -0.25) is 0 Å². The van der Waals surface area contributed by atoms with Crippen LogP contribution in [0, 0.1) is 12.7 Å². The molecule has 0 saturated carbocycles. The molecule has 0 bridgehead atoms. The largest absolute Gasteiger partial charge is 0.491 e.